The number of aliphatic hydroxyl groups excluding tert-OH is 1. The zero-order valence-corrected chi connectivity index (χ0v) is 16.7. The molecule has 1 N–H and O–H groups in total. The molecule has 1 aromatic carbocycles. The Morgan fingerprint density at radius 2 is 1.93 bits per heavy atom. The molecule has 0 bridgehead atoms. The van der Waals surface area contributed by atoms with Crippen LogP contribution in [0.15, 0.2) is 40.1 Å². The zero-order chi connectivity index (χ0) is 21.4. The van der Waals surface area contributed by atoms with Gasteiger partial charge in [0.2, 0.25) is 5.78 Å². The molecule has 10 heteroatoms. The summed E-state index contributed by atoms with van der Waals surface area (Å²) in [5.74, 6) is 0.0284. The summed E-state index contributed by atoms with van der Waals surface area (Å²) < 4.78 is 25.3. The monoisotopic (exact) mass is 415 g/mol. The van der Waals surface area contributed by atoms with E-state index in [4.69, 9.17) is 9.84 Å². The number of aliphatic hydroxyl groups is 1. The van der Waals surface area contributed by atoms with E-state index >= 15 is 0 Å². The summed E-state index contributed by atoms with van der Waals surface area (Å²) in [5.41, 5.74) is 0.535. The Morgan fingerprint density at radius 1 is 1.17 bits per heavy atom. The van der Waals surface area contributed by atoms with E-state index in [2.05, 4.69) is 4.98 Å². The van der Waals surface area contributed by atoms with Crippen LogP contribution < -0.4 is 11.2 Å². The summed E-state index contributed by atoms with van der Waals surface area (Å²) >= 11 is 0. The number of benzene rings is 1. The molecule has 4 aromatic rings. The van der Waals surface area contributed by atoms with Gasteiger partial charge in [0, 0.05) is 31.0 Å². The van der Waals surface area contributed by atoms with Crippen molar-refractivity contribution >= 4 is 16.9 Å². The number of halogens is 1. The summed E-state index contributed by atoms with van der Waals surface area (Å²) in [5, 5.41) is 8.84. The van der Waals surface area contributed by atoms with Gasteiger partial charge in [-0.2, -0.15) is 4.98 Å². The minimum absolute atomic E-state index is 0.0585. The van der Waals surface area contributed by atoms with Gasteiger partial charge < -0.3 is 14.4 Å². The van der Waals surface area contributed by atoms with Crippen LogP contribution in [0.25, 0.3) is 16.9 Å². The standard InChI is InChI=1S/C20H22FN5O4/c1-13-11-25-16-17(22-19(25)24(13)7-9-30-10-8-27)23(2)20(29)26(18(16)28)12-14-5-3-4-6-15(14)21/h3-6,11,27H,7-10,12H2,1-2H3. The van der Waals surface area contributed by atoms with Crippen LogP contribution in [0.2, 0.25) is 0 Å². The van der Waals surface area contributed by atoms with Crippen molar-refractivity contribution < 1.29 is 14.2 Å². The van der Waals surface area contributed by atoms with Crippen molar-refractivity contribution in [3.8, 4) is 0 Å². The Balaban J connectivity index is 1.87. The largest absolute Gasteiger partial charge is 0.394 e. The summed E-state index contributed by atoms with van der Waals surface area (Å²) in [6.45, 7) is 2.73. The molecular formula is C20H22FN5O4. The van der Waals surface area contributed by atoms with Crippen LogP contribution in [-0.2, 0) is 24.9 Å². The number of fused-ring (bicyclic) bond motifs is 3. The van der Waals surface area contributed by atoms with E-state index in [0.29, 0.717) is 18.9 Å². The number of hydrogen-bond acceptors (Lipinski definition) is 5. The number of imidazole rings is 2. The second kappa shape index (κ2) is 7.88. The topological polar surface area (TPSA) is 95.7 Å². The smallest absolute Gasteiger partial charge is 0.332 e. The first kappa shape index (κ1) is 20.0. The third kappa shape index (κ3) is 3.23. The van der Waals surface area contributed by atoms with E-state index in [1.807, 2.05) is 11.5 Å². The molecule has 3 aromatic heterocycles. The highest BCUT2D eigenvalue weighted by Gasteiger charge is 2.20. The van der Waals surface area contributed by atoms with Gasteiger partial charge in [-0.25, -0.2) is 9.18 Å². The lowest BCUT2D eigenvalue weighted by Crippen LogP contribution is -2.39. The molecule has 0 unspecified atom stereocenters. The molecule has 0 amide bonds. The van der Waals surface area contributed by atoms with Crippen molar-refractivity contribution in [2.75, 3.05) is 19.8 Å². The van der Waals surface area contributed by atoms with Crippen LogP contribution >= 0.6 is 0 Å². The quantitative estimate of drug-likeness (QED) is 0.447. The van der Waals surface area contributed by atoms with Gasteiger partial charge in [0.1, 0.15) is 5.82 Å². The van der Waals surface area contributed by atoms with Crippen molar-refractivity contribution in [3.63, 3.8) is 0 Å². The molecule has 0 atom stereocenters. The molecule has 0 radical (unpaired) electrons. The molecule has 0 fully saturated rings. The van der Waals surface area contributed by atoms with Gasteiger partial charge in [0.25, 0.3) is 5.56 Å². The van der Waals surface area contributed by atoms with E-state index in [0.717, 1.165) is 10.3 Å². The molecule has 0 aliphatic carbocycles. The molecule has 30 heavy (non-hydrogen) atoms. The first-order valence-electron chi connectivity index (χ1n) is 9.53. The Hall–Kier alpha value is -3.24. The summed E-state index contributed by atoms with van der Waals surface area (Å²) in [6, 6.07) is 6.05. The molecule has 0 saturated heterocycles. The Morgan fingerprint density at radius 3 is 2.67 bits per heavy atom. The second-order valence-corrected chi connectivity index (χ2v) is 7.04. The van der Waals surface area contributed by atoms with Crippen LogP contribution in [-0.4, -0.2) is 48.0 Å². The number of ether oxygens (including phenoxy) is 1. The molecule has 9 nitrogen and oxygen atoms in total. The van der Waals surface area contributed by atoms with E-state index in [9.17, 15) is 14.0 Å². The van der Waals surface area contributed by atoms with Gasteiger partial charge in [-0.3, -0.25) is 18.3 Å². The van der Waals surface area contributed by atoms with Crippen LogP contribution in [0.5, 0.6) is 0 Å². The highest BCUT2D eigenvalue weighted by atomic mass is 19.1. The third-order valence-electron chi connectivity index (χ3n) is 5.12. The Bertz CT molecular complexity index is 1350. The van der Waals surface area contributed by atoms with Crippen molar-refractivity contribution in [3.05, 3.63) is 68.4 Å². The number of hydrogen-bond donors (Lipinski definition) is 1. The van der Waals surface area contributed by atoms with E-state index < -0.39 is 17.1 Å². The Labute approximate surface area is 170 Å². The zero-order valence-electron chi connectivity index (χ0n) is 16.7. The maximum Gasteiger partial charge on any atom is 0.332 e. The predicted molar refractivity (Wildman–Crippen MR) is 108 cm³/mol. The molecule has 0 saturated carbocycles. The molecule has 158 valence electrons. The van der Waals surface area contributed by atoms with Gasteiger partial charge in [-0.05, 0) is 13.0 Å². The van der Waals surface area contributed by atoms with Gasteiger partial charge in [0.05, 0.1) is 26.4 Å². The Kier molecular flexibility index (Phi) is 5.27. The third-order valence-corrected chi connectivity index (χ3v) is 5.12. The fraction of sp³-hybridized carbons (Fsp3) is 0.350. The summed E-state index contributed by atoms with van der Waals surface area (Å²) in [4.78, 5) is 30.6. The fourth-order valence-electron chi connectivity index (χ4n) is 3.59. The van der Waals surface area contributed by atoms with Crippen LogP contribution in [0.1, 0.15) is 11.3 Å². The predicted octanol–water partition coefficient (Wildman–Crippen LogP) is 0.654. The molecule has 4 rings (SSSR count). The first-order valence-corrected chi connectivity index (χ1v) is 9.53. The highest BCUT2D eigenvalue weighted by Crippen LogP contribution is 2.16. The maximum absolute atomic E-state index is 14.1. The average molecular weight is 415 g/mol. The van der Waals surface area contributed by atoms with Crippen molar-refractivity contribution in [2.45, 2.75) is 20.0 Å². The van der Waals surface area contributed by atoms with E-state index in [1.165, 1.54) is 17.7 Å². The van der Waals surface area contributed by atoms with Crippen molar-refractivity contribution in [1.82, 2.24) is 23.1 Å². The number of aryl methyl sites for hydroxylation is 2. The number of nitrogens with zero attached hydrogens (tertiary/aromatic N) is 5. The number of aromatic nitrogens is 5. The molecule has 0 aliphatic rings. The second-order valence-electron chi connectivity index (χ2n) is 7.04. The van der Waals surface area contributed by atoms with Gasteiger partial charge >= 0.3 is 5.69 Å². The first-order chi connectivity index (χ1) is 14.4. The SMILES string of the molecule is Cc1cn2c3c(=O)n(Cc4ccccc4F)c(=O)n(C)c3nc2n1CCOCCO. The lowest BCUT2D eigenvalue weighted by Gasteiger charge is -2.09. The van der Waals surface area contributed by atoms with Gasteiger partial charge in [-0.1, -0.05) is 18.2 Å². The van der Waals surface area contributed by atoms with Crippen molar-refractivity contribution in [2.24, 2.45) is 7.05 Å². The van der Waals surface area contributed by atoms with Crippen molar-refractivity contribution in [1.29, 1.82) is 0 Å². The van der Waals surface area contributed by atoms with Gasteiger partial charge in [0.15, 0.2) is 11.2 Å². The lowest BCUT2D eigenvalue weighted by atomic mass is 10.2. The van der Waals surface area contributed by atoms with Crippen LogP contribution in [0.3, 0.4) is 0 Å². The minimum atomic E-state index is -0.564. The fourth-order valence-corrected chi connectivity index (χ4v) is 3.59. The summed E-state index contributed by atoms with van der Waals surface area (Å²) in [6.07, 6.45) is 1.77. The minimum Gasteiger partial charge on any atom is -0.394 e. The average Bonchev–Trinajstić information content (AvgIpc) is 3.23. The molecule has 3 heterocycles. The van der Waals surface area contributed by atoms with E-state index in [-0.39, 0.29) is 36.5 Å². The normalized spacial score (nSPS) is 11.7. The van der Waals surface area contributed by atoms with Crippen LogP contribution in [0.4, 0.5) is 4.39 Å². The molecule has 0 aliphatic heterocycles. The highest BCUT2D eigenvalue weighted by molar-refractivity contribution is 5.75. The number of rotatable bonds is 7. The molecule has 0 spiro atoms. The van der Waals surface area contributed by atoms with E-state index in [1.54, 1.807) is 28.8 Å². The van der Waals surface area contributed by atoms with Crippen LogP contribution in [0, 0.1) is 12.7 Å². The summed E-state index contributed by atoms with van der Waals surface area (Å²) in [7, 11) is 1.54. The molecular weight excluding hydrogens is 393 g/mol. The van der Waals surface area contributed by atoms with Gasteiger partial charge in [-0.15, -0.1) is 0 Å². The maximum atomic E-state index is 14.1. The lowest BCUT2D eigenvalue weighted by molar-refractivity contribution is 0.0872.